The van der Waals surface area contributed by atoms with Crippen molar-refractivity contribution in [1.29, 1.82) is 0 Å². The van der Waals surface area contributed by atoms with Crippen LogP contribution < -0.4 is 5.32 Å². The normalized spacial score (nSPS) is 20.1. The molecule has 1 unspecified atom stereocenters. The van der Waals surface area contributed by atoms with Gasteiger partial charge in [0.2, 0.25) is 0 Å². The van der Waals surface area contributed by atoms with E-state index in [0.717, 1.165) is 6.04 Å². The summed E-state index contributed by atoms with van der Waals surface area (Å²) in [6.45, 7) is 4.33. The predicted octanol–water partition coefficient (Wildman–Crippen LogP) is 3.04. The molecule has 2 nitrogen and oxygen atoms in total. The maximum Gasteiger partial charge on any atom is 0.109 e. The molecule has 0 aromatic carbocycles. The minimum atomic E-state index is 0.428. The van der Waals surface area contributed by atoms with Crippen molar-refractivity contribution in [2.24, 2.45) is 0 Å². The quantitative estimate of drug-likeness (QED) is 0.829. The summed E-state index contributed by atoms with van der Waals surface area (Å²) in [5.74, 6) is 0. The lowest BCUT2D eigenvalue weighted by atomic mass is 10.2. The van der Waals surface area contributed by atoms with Crippen molar-refractivity contribution >= 4 is 11.3 Å². The van der Waals surface area contributed by atoms with Crippen molar-refractivity contribution in [3.63, 3.8) is 0 Å². The lowest BCUT2D eigenvalue weighted by molar-refractivity contribution is 0.460. The Kier molecular flexibility index (Phi) is 3.19. The van der Waals surface area contributed by atoms with Crippen LogP contribution in [-0.2, 0) is 0 Å². The number of rotatable bonds is 3. The third kappa shape index (κ3) is 2.34. The molecule has 1 aliphatic carbocycles. The van der Waals surface area contributed by atoms with E-state index in [9.17, 15) is 0 Å². The molecule has 1 aromatic heterocycles. The molecule has 0 amide bonds. The van der Waals surface area contributed by atoms with Gasteiger partial charge in [0.05, 0.1) is 6.04 Å². The second-order valence-electron chi connectivity index (χ2n) is 4.18. The highest BCUT2D eigenvalue weighted by Gasteiger charge is 2.18. The number of nitrogens with zero attached hydrogens (tertiary/aromatic N) is 1. The molecule has 1 aromatic rings. The molecule has 1 fully saturated rings. The van der Waals surface area contributed by atoms with Gasteiger partial charge < -0.3 is 5.32 Å². The molecule has 0 radical (unpaired) electrons. The fraction of sp³-hybridized carbons (Fsp3) is 0.727. The minimum absolute atomic E-state index is 0.428. The van der Waals surface area contributed by atoms with Crippen LogP contribution in [0.4, 0.5) is 0 Å². The van der Waals surface area contributed by atoms with Crippen LogP contribution in [0.25, 0.3) is 0 Å². The van der Waals surface area contributed by atoms with E-state index in [2.05, 4.69) is 24.1 Å². The molecule has 1 heterocycles. The van der Waals surface area contributed by atoms with Crippen LogP contribution in [0.3, 0.4) is 0 Å². The van der Waals surface area contributed by atoms with Crippen molar-refractivity contribution in [3.8, 4) is 0 Å². The Morgan fingerprint density at radius 3 is 2.79 bits per heavy atom. The average molecular weight is 210 g/mol. The zero-order valence-electron chi connectivity index (χ0n) is 8.92. The van der Waals surface area contributed by atoms with Gasteiger partial charge in [-0.25, -0.2) is 4.98 Å². The Morgan fingerprint density at radius 2 is 2.21 bits per heavy atom. The molecule has 0 aliphatic heterocycles. The van der Waals surface area contributed by atoms with Gasteiger partial charge in [-0.2, -0.15) is 0 Å². The standard InChI is InChI=1S/C11H18N2S/c1-8-7-12-11(14-8)9(2)13-10-5-3-4-6-10/h7,9-10,13H,3-6H2,1-2H3. The minimum Gasteiger partial charge on any atom is -0.305 e. The number of hydrogen-bond donors (Lipinski definition) is 1. The van der Waals surface area contributed by atoms with Crippen molar-refractivity contribution in [1.82, 2.24) is 10.3 Å². The Morgan fingerprint density at radius 1 is 1.50 bits per heavy atom. The van der Waals surface area contributed by atoms with E-state index in [4.69, 9.17) is 0 Å². The van der Waals surface area contributed by atoms with Gasteiger partial charge in [0.1, 0.15) is 5.01 Å². The summed E-state index contributed by atoms with van der Waals surface area (Å²) in [4.78, 5) is 5.72. The van der Waals surface area contributed by atoms with Crippen LogP contribution in [0.5, 0.6) is 0 Å². The summed E-state index contributed by atoms with van der Waals surface area (Å²) in [5, 5.41) is 4.89. The zero-order chi connectivity index (χ0) is 9.97. The van der Waals surface area contributed by atoms with Crippen LogP contribution in [0.2, 0.25) is 0 Å². The number of hydrogen-bond acceptors (Lipinski definition) is 3. The highest BCUT2D eigenvalue weighted by molar-refractivity contribution is 7.11. The second kappa shape index (κ2) is 4.41. The zero-order valence-corrected chi connectivity index (χ0v) is 9.73. The topological polar surface area (TPSA) is 24.9 Å². The molecule has 14 heavy (non-hydrogen) atoms. The van der Waals surface area contributed by atoms with E-state index in [-0.39, 0.29) is 0 Å². The van der Waals surface area contributed by atoms with Gasteiger partial charge in [-0.15, -0.1) is 11.3 Å². The van der Waals surface area contributed by atoms with Crippen molar-refractivity contribution in [2.75, 3.05) is 0 Å². The molecule has 0 bridgehead atoms. The van der Waals surface area contributed by atoms with Gasteiger partial charge in [-0.05, 0) is 26.7 Å². The molecule has 3 heteroatoms. The molecule has 2 rings (SSSR count). The Balaban J connectivity index is 1.91. The lowest BCUT2D eigenvalue weighted by Gasteiger charge is -2.16. The summed E-state index contributed by atoms with van der Waals surface area (Å²) in [6, 6.07) is 1.16. The van der Waals surface area contributed by atoms with Crippen LogP contribution >= 0.6 is 11.3 Å². The summed E-state index contributed by atoms with van der Waals surface area (Å²) in [7, 11) is 0. The Bertz CT molecular complexity index is 289. The predicted molar refractivity (Wildman–Crippen MR) is 60.7 cm³/mol. The van der Waals surface area contributed by atoms with Crippen LogP contribution in [0, 0.1) is 6.92 Å². The molecule has 1 N–H and O–H groups in total. The summed E-state index contributed by atoms with van der Waals surface area (Å²) < 4.78 is 0. The molecular weight excluding hydrogens is 192 g/mol. The maximum atomic E-state index is 4.41. The van der Waals surface area contributed by atoms with Gasteiger partial charge in [0.15, 0.2) is 0 Å². The first-order chi connectivity index (χ1) is 6.75. The van der Waals surface area contributed by atoms with E-state index >= 15 is 0 Å². The average Bonchev–Trinajstić information content (AvgIpc) is 2.75. The van der Waals surface area contributed by atoms with E-state index < -0.39 is 0 Å². The second-order valence-corrected chi connectivity index (χ2v) is 5.45. The fourth-order valence-corrected chi connectivity index (χ4v) is 2.88. The molecule has 0 saturated heterocycles. The highest BCUT2D eigenvalue weighted by Crippen LogP contribution is 2.24. The summed E-state index contributed by atoms with van der Waals surface area (Å²) >= 11 is 1.81. The third-order valence-corrected chi connectivity index (χ3v) is 3.95. The fourth-order valence-electron chi connectivity index (χ4n) is 2.09. The van der Waals surface area contributed by atoms with Gasteiger partial charge in [-0.1, -0.05) is 12.8 Å². The van der Waals surface area contributed by atoms with Gasteiger partial charge >= 0.3 is 0 Å². The van der Waals surface area contributed by atoms with Crippen LogP contribution in [0.1, 0.15) is 48.5 Å². The molecule has 1 aliphatic rings. The Labute approximate surface area is 89.8 Å². The first-order valence-electron chi connectivity index (χ1n) is 5.44. The van der Waals surface area contributed by atoms with Crippen LogP contribution in [-0.4, -0.2) is 11.0 Å². The summed E-state index contributed by atoms with van der Waals surface area (Å²) in [6.07, 6.45) is 7.43. The smallest absolute Gasteiger partial charge is 0.109 e. The van der Waals surface area contributed by atoms with Crippen molar-refractivity contribution in [2.45, 2.75) is 51.6 Å². The third-order valence-electron chi connectivity index (χ3n) is 2.85. The van der Waals surface area contributed by atoms with Crippen molar-refractivity contribution < 1.29 is 0 Å². The van der Waals surface area contributed by atoms with Crippen molar-refractivity contribution in [3.05, 3.63) is 16.1 Å². The largest absolute Gasteiger partial charge is 0.305 e. The van der Waals surface area contributed by atoms with E-state index in [1.807, 2.05) is 6.20 Å². The number of nitrogens with one attached hydrogen (secondary N) is 1. The van der Waals surface area contributed by atoms with Gasteiger partial charge in [-0.3, -0.25) is 0 Å². The van der Waals surface area contributed by atoms with E-state index in [1.54, 1.807) is 11.3 Å². The SMILES string of the molecule is Cc1cnc(C(C)NC2CCCC2)s1. The molecule has 0 spiro atoms. The number of aryl methyl sites for hydroxylation is 1. The van der Waals surface area contributed by atoms with E-state index in [0.29, 0.717) is 6.04 Å². The van der Waals surface area contributed by atoms with Gasteiger partial charge in [0.25, 0.3) is 0 Å². The molecule has 1 saturated carbocycles. The van der Waals surface area contributed by atoms with Crippen LogP contribution in [0.15, 0.2) is 6.20 Å². The number of thiazole rings is 1. The Hall–Kier alpha value is -0.410. The maximum absolute atomic E-state index is 4.41. The molecule has 78 valence electrons. The van der Waals surface area contributed by atoms with E-state index in [1.165, 1.54) is 35.6 Å². The molecule has 1 atom stereocenters. The monoisotopic (exact) mass is 210 g/mol. The lowest BCUT2D eigenvalue weighted by Crippen LogP contribution is -2.28. The van der Waals surface area contributed by atoms with Gasteiger partial charge in [0, 0.05) is 17.1 Å². The summed E-state index contributed by atoms with van der Waals surface area (Å²) in [5.41, 5.74) is 0. The first-order valence-corrected chi connectivity index (χ1v) is 6.26. The highest BCUT2D eigenvalue weighted by atomic mass is 32.1. The number of aromatic nitrogens is 1. The first kappa shape index (κ1) is 10.1. The molecular formula is C11H18N2S.